The highest BCUT2D eigenvalue weighted by Crippen LogP contribution is 2.26. The van der Waals surface area contributed by atoms with E-state index >= 15 is 0 Å². The van der Waals surface area contributed by atoms with E-state index < -0.39 is 0 Å². The normalized spacial score (nSPS) is 11.2. The van der Waals surface area contributed by atoms with Gasteiger partial charge in [-0.25, -0.2) is 4.39 Å². The molecule has 2 aromatic carbocycles. The van der Waals surface area contributed by atoms with Gasteiger partial charge in [-0.1, -0.05) is 15.9 Å². The molecule has 2 nitrogen and oxygen atoms in total. The molecule has 0 aliphatic carbocycles. The van der Waals surface area contributed by atoms with Crippen molar-refractivity contribution >= 4 is 61.8 Å². The maximum atomic E-state index is 13.8. The summed E-state index contributed by atoms with van der Waals surface area (Å²) in [5.74, 6) is -0.243. The molecule has 102 valence electrons. The average Bonchev–Trinajstić information content (AvgIpc) is 2.64. The summed E-state index contributed by atoms with van der Waals surface area (Å²) in [6.07, 6.45) is 0. The van der Waals surface area contributed by atoms with Gasteiger partial charge in [0.05, 0.1) is 14.6 Å². The fourth-order valence-corrected chi connectivity index (χ4v) is 3.58. The number of imidazole rings is 1. The molecule has 0 bridgehead atoms. The maximum Gasteiger partial charge on any atom is 0.182 e. The highest BCUT2D eigenvalue weighted by atomic mass is 127. The van der Waals surface area contributed by atoms with Crippen molar-refractivity contribution in [3.63, 3.8) is 0 Å². The number of fused-ring (bicyclic) bond motifs is 1. The van der Waals surface area contributed by atoms with Crippen LogP contribution >= 0.6 is 50.7 Å². The Bertz CT molecular complexity index is 864. The summed E-state index contributed by atoms with van der Waals surface area (Å²) < 4.78 is 17.8. The van der Waals surface area contributed by atoms with E-state index in [2.05, 4.69) is 20.9 Å². The molecule has 0 amide bonds. The number of hydrogen-bond donors (Lipinski definition) is 1. The zero-order valence-electron chi connectivity index (χ0n) is 10.4. The summed E-state index contributed by atoms with van der Waals surface area (Å²) >= 11 is 10.8. The van der Waals surface area contributed by atoms with Crippen LogP contribution in [0.4, 0.5) is 4.39 Å². The molecule has 0 saturated carbocycles. The second-order valence-electron chi connectivity index (χ2n) is 4.54. The van der Waals surface area contributed by atoms with Crippen molar-refractivity contribution in [1.82, 2.24) is 9.55 Å². The Kier molecular flexibility index (Phi) is 3.72. The smallest absolute Gasteiger partial charge is 0.182 e. The quantitative estimate of drug-likeness (QED) is 0.374. The van der Waals surface area contributed by atoms with Crippen molar-refractivity contribution in [1.29, 1.82) is 0 Å². The Morgan fingerprint density at radius 2 is 2.00 bits per heavy atom. The minimum atomic E-state index is -0.243. The van der Waals surface area contributed by atoms with Crippen molar-refractivity contribution in [2.45, 2.75) is 6.92 Å². The fourth-order valence-electron chi connectivity index (χ4n) is 2.20. The van der Waals surface area contributed by atoms with Crippen LogP contribution < -0.4 is 0 Å². The van der Waals surface area contributed by atoms with E-state index in [1.54, 1.807) is 6.07 Å². The van der Waals surface area contributed by atoms with Gasteiger partial charge < -0.3 is 4.98 Å². The summed E-state index contributed by atoms with van der Waals surface area (Å²) in [6.45, 7) is 2.01. The van der Waals surface area contributed by atoms with Gasteiger partial charge >= 0.3 is 0 Å². The second kappa shape index (κ2) is 5.23. The summed E-state index contributed by atoms with van der Waals surface area (Å²) in [7, 11) is 0. The van der Waals surface area contributed by atoms with Gasteiger partial charge in [0.2, 0.25) is 0 Å². The predicted molar refractivity (Wildman–Crippen MR) is 93.6 cm³/mol. The molecular formula is C14H9BrFIN2S. The first-order valence-electron chi connectivity index (χ1n) is 5.83. The van der Waals surface area contributed by atoms with Crippen LogP contribution in [0.2, 0.25) is 0 Å². The molecule has 0 spiro atoms. The average molecular weight is 463 g/mol. The van der Waals surface area contributed by atoms with Crippen molar-refractivity contribution in [2.24, 2.45) is 0 Å². The zero-order chi connectivity index (χ0) is 14.4. The van der Waals surface area contributed by atoms with Gasteiger partial charge in [-0.2, -0.15) is 0 Å². The summed E-state index contributed by atoms with van der Waals surface area (Å²) in [5.41, 5.74) is 3.59. The number of benzene rings is 2. The van der Waals surface area contributed by atoms with Crippen molar-refractivity contribution in [3.8, 4) is 5.69 Å². The molecule has 6 heteroatoms. The van der Waals surface area contributed by atoms with Crippen molar-refractivity contribution in [3.05, 3.63) is 54.5 Å². The van der Waals surface area contributed by atoms with Gasteiger partial charge in [0.1, 0.15) is 5.82 Å². The fraction of sp³-hybridized carbons (Fsp3) is 0.0714. The van der Waals surface area contributed by atoms with Crippen LogP contribution in [0.3, 0.4) is 0 Å². The monoisotopic (exact) mass is 462 g/mol. The van der Waals surface area contributed by atoms with Gasteiger partial charge in [-0.05, 0) is 71.6 Å². The first-order chi connectivity index (χ1) is 9.45. The lowest BCUT2D eigenvalue weighted by Crippen LogP contribution is -1.95. The summed E-state index contributed by atoms with van der Waals surface area (Å²) in [5, 5.41) is 0. The molecule has 1 N–H and O–H groups in total. The molecule has 3 aromatic rings. The van der Waals surface area contributed by atoms with Crippen LogP contribution in [0.5, 0.6) is 0 Å². The second-order valence-corrected chi connectivity index (χ2v) is 7.00. The summed E-state index contributed by atoms with van der Waals surface area (Å²) in [6, 6.07) is 9.28. The standard InChI is InChI=1S/C14H9BrFIN2S/c1-7-2-8(15)4-9(3-7)19-13-5-10(16)11(17)6-12(13)18-14(19)20/h2-6H,1H3,(H,18,20). The van der Waals surface area contributed by atoms with Crippen LogP contribution in [-0.2, 0) is 0 Å². The zero-order valence-corrected chi connectivity index (χ0v) is 14.9. The molecule has 0 radical (unpaired) electrons. The lowest BCUT2D eigenvalue weighted by atomic mass is 10.2. The lowest BCUT2D eigenvalue weighted by Gasteiger charge is -2.07. The van der Waals surface area contributed by atoms with E-state index in [9.17, 15) is 4.39 Å². The highest BCUT2D eigenvalue weighted by molar-refractivity contribution is 14.1. The number of H-pyrrole nitrogens is 1. The molecule has 3 rings (SSSR count). The molecular weight excluding hydrogens is 454 g/mol. The Labute approximate surface area is 142 Å². The van der Waals surface area contributed by atoms with Crippen molar-refractivity contribution < 1.29 is 4.39 Å². The van der Waals surface area contributed by atoms with E-state index in [0.717, 1.165) is 26.8 Å². The third kappa shape index (κ3) is 2.44. The molecule has 20 heavy (non-hydrogen) atoms. The molecule has 0 aliphatic rings. The molecule has 0 aliphatic heterocycles. The first kappa shape index (κ1) is 14.2. The SMILES string of the molecule is Cc1cc(Br)cc(-n2c(=S)[nH]c3cc(I)c(F)cc32)c1. The highest BCUT2D eigenvalue weighted by Gasteiger charge is 2.11. The van der Waals surface area contributed by atoms with E-state index in [4.69, 9.17) is 12.2 Å². The van der Waals surface area contributed by atoms with Gasteiger partial charge in [0, 0.05) is 16.2 Å². The predicted octanol–water partition coefficient (Wildman–Crippen LogP) is 5.50. The molecule has 0 fully saturated rings. The van der Waals surface area contributed by atoms with Crippen molar-refractivity contribution in [2.75, 3.05) is 0 Å². The number of nitrogens with one attached hydrogen (secondary N) is 1. The number of nitrogens with zero attached hydrogens (tertiary/aromatic N) is 1. The number of hydrogen-bond acceptors (Lipinski definition) is 1. The largest absolute Gasteiger partial charge is 0.330 e. The van der Waals surface area contributed by atoms with Crippen LogP contribution in [0.15, 0.2) is 34.8 Å². The van der Waals surface area contributed by atoms with Gasteiger partial charge in [0.25, 0.3) is 0 Å². The number of aromatic nitrogens is 2. The van der Waals surface area contributed by atoms with Crippen LogP contribution in [0.25, 0.3) is 16.7 Å². The minimum Gasteiger partial charge on any atom is -0.330 e. The molecule has 0 saturated heterocycles. The Morgan fingerprint density at radius 1 is 1.25 bits per heavy atom. The lowest BCUT2D eigenvalue weighted by molar-refractivity contribution is 0.622. The van der Waals surface area contributed by atoms with Gasteiger partial charge in [0.15, 0.2) is 4.77 Å². The van der Waals surface area contributed by atoms with E-state index in [1.807, 2.05) is 52.3 Å². The molecule has 0 unspecified atom stereocenters. The van der Waals surface area contributed by atoms with E-state index in [0.29, 0.717) is 8.34 Å². The first-order valence-corrected chi connectivity index (χ1v) is 8.11. The Hall–Kier alpha value is -0.730. The van der Waals surface area contributed by atoms with E-state index in [-0.39, 0.29) is 5.82 Å². The molecule has 1 heterocycles. The number of rotatable bonds is 1. The third-order valence-electron chi connectivity index (χ3n) is 3.01. The molecule has 1 aromatic heterocycles. The minimum absolute atomic E-state index is 0.243. The van der Waals surface area contributed by atoms with Gasteiger partial charge in [-0.15, -0.1) is 0 Å². The Balaban J connectivity index is 2.38. The Morgan fingerprint density at radius 3 is 2.70 bits per heavy atom. The number of aryl methyl sites for hydroxylation is 1. The third-order valence-corrected chi connectivity index (χ3v) is 4.58. The number of aromatic amines is 1. The van der Waals surface area contributed by atoms with Crippen LogP contribution in [0.1, 0.15) is 5.56 Å². The van der Waals surface area contributed by atoms with Crippen LogP contribution in [-0.4, -0.2) is 9.55 Å². The maximum absolute atomic E-state index is 13.8. The van der Waals surface area contributed by atoms with E-state index in [1.165, 1.54) is 6.07 Å². The van der Waals surface area contributed by atoms with Crippen LogP contribution in [0, 0.1) is 21.1 Å². The number of halogens is 3. The molecule has 0 atom stereocenters. The van der Waals surface area contributed by atoms with Gasteiger partial charge in [-0.3, -0.25) is 4.57 Å². The summed E-state index contributed by atoms with van der Waals surface area (Å²) in [4.78, 5) is 3.12. The topological polar surface area (TPSA) is 20.7 Å².